The minimum atomic E-state index is -4.76. The van der Waals surface area contributed by atoms with Gasteiger partial charge in [-0.05, 0) is 70.6 Å². The van der Waals surface area contributed by atoms with Crippen molar-refractivity contribution >= 4 is 25.7 Å². The number of aliphatic hydroxyl groups is 1. The summed E-state index contributed by atoms with van der Waals surface area (Å²) in [6.07, 6.45) is 50.1. The quantitative estimate of drug-likeness (QED) is 0.0200. The third-order valence-corrected chi connectivity index (χ3v) is 11.9. The first-order chi connectivity index (χ1) is 30.1. The molecular formula is C50H92NO10P. The Morgan fingerprint density at radius 2 is 0.887 bits per heavy atom. The van der Waals surface area contributed by atoms with Crippen LogP contribution in [0.15, 0.2) is 36.5 Å². The van der Waals surface area contributed by atoms with Crippen molar-refractivity contribution in [2.24, 2.45) is 0 Å². The standard InChI is InChI=1S/C50H92NO10P/c1-3-5-7-9-11-13-15-17-19-21-23-25-27-29-31-33-35-37-39-41-48(53)51-47(50(55)56)45-61-62(57,58)60-44-46(52)43-59-49(54)42-40-38-36-34-32-30-28-26-24-22-20-18-16-14-12-10-8-6-4-2/h12,14,17-20,46-47,52H,3-11,13,15-16,21-45H2,1-2H3,(H,51,53)(H,55,56)(H,57,58)/b14-12-,19-17+,20-18-. The van der Waals surface area contributed by atoms with Crippen molar-refractivity contribution in [2.45, 2.75) is 244 Å². The minimum Gasteiger partial charge on any atom is -0.480 e. The summed E-state index contributed by atoms with van der Waals surface area (Å²) in [4.78, 5) is 46.1. The van der Waals surface area contributed by atoms with E-state index < -0.39 is 57.6 Å². The highest BCUT2D eigenvalue weighted by atomic mass is 31.2. The molecule has 62 heavy (non-hydrogen) atoms. The molecule has 0 saturated carbocycles. The number of aliphatic hydroxyl groups excluding tert-OH is 1. The smallest absolute Gasteiger partial charge is 0.472 e. The molecule has 12 heteroatoms. The number of nitrogens with one attached hydrogen (secondary N) is 1. The van der Waals surface area contributed by atoms with Crippen molar-refractivity contribution in [3.8, 4) is 0 Å². The Morgan fingerprint density at radius 1 is 0.516 bits per heavy atom. The van der Waals surface area contributed by atoms with Gasteiger partial charge in [-0.25, -0.2) is 9.36 Å². The fourth-order valence-electron chi connectivity index (χ4n) is 6.99. The van der Waals surface area contributed by atoms with Gasteiger partial charge in [-0.15, -0.1) is 0 Å². The number of ether oxygens (including phenoxy) is 1. The molecule has 0 aromatic rings. The molecule has 0 saturated heterocycles. The van der Waals surface area contributed by atoms with Crippen LogP contribution in [-0.4, -0.2) is 64.9 Å². The van der Waals surface area contributed by atoms with Gasteiger partial charge < -0.3 is 25.2 Å². The number of phosphoric ester groups is 1. The predicted molar refractivity (Wildman–Crippen MR) is 254 cm³/mol. The number of rotatable bonds is 47. The number of phosphoric acid groups is 1. The second-order valence-electron chi connectivity index (χ2n) is 17.0. The first kappa shape index (κ1) is 59.7. The molecule has 0 bridgehead atoms. The molecule has 0 aliphatic carbocycles. The summed E-state index contributed by atoms with van der Waals surface area (Å²) >= 11 is 0. The molecule has 0 aliphatic rings. The van der Waals surface area contributed by atoms with Crippen LogP contribution in [0.25, 0.3) is 0 Å². The van der Waals surface area contributed by atoms with Gasteiger partial charge in [0.25, 0.3) is 0 Å². The lowest BCUT2D eigenvalue weighted by atomic mass is 10.1. The summed E-state index contributed by atoms with van der Waals surface area (Å²) in [6.45, 7) is 2.59. The molecule has 4 N–H and O–H groups in total. The topological polar surface area (TPSA) is 169 Å². The van der Waals surface area contributed by atoms with Gasteiger partial charge in [-0.2, -0.15) is 0 Å². The second kappa shape index (κ2) is 45.3. The van der Waals surface area contributed by atoms with Crippen LogP contribution in [0.1, 0.15) is 232 Å². The minimum absolute atomic E-state index is 0.144. The zero-order valence-corrected chi connectivity index (χ0v) is 40.3. The highest BCUT2D eigenvalue weighted by Crippen LogP contribution is 2.43. The lowest BCUT2D eigenvalue weighted by Crippen LogP contribution is -2.43. The molecule has 0 heterocycles. The van der Waals surface area contributed by atoms with Crippen LogP contribution in [0, 0.1) is 0 Å². The molecule has 0 rings (SSSR count). The number of carboxylic acid groups (broad SMARTS) is 1. The van der Waals surface area contributed by atoms with E-state index in [1.54, 1.807) is 0 Å². The third kappa shape index (κ3) is 44.3. The molecule has 0 fully saturated rings. The number of aliphatic carboxylic acids is 1. The molecule has 0 aliphatic heterocycles. The van der Waals surface area contributed by atoms with E-state index in [1.165, 1.54) is 141 Å². The normalized spacial score (nSPS) is 13.9. The van der Waals surface area contributed by atoms with Gasteiger partial charge in [-0.3, -0.25) is 18.6 Å². The van der Waals surface area contributed by atoms with Crippen molar-refractivity contribution in [3.05, 3.63) is 36.5 Å². The number of carboxylic acids is 1. The number of allylic oxidation sites excluding steroid dienone is 6. The van der Waals surface area contributed by atoms with E-state index in [9.17, 15) is 34.1 Å². The Kier molecular flexibility index (Phi) is 43.6. The number of esters is 1. The van der Waals surface area contributed by atoms with Crippen LogP contribution in [0.2, 0.25) is 0 Å². The van der Waals surface area contributed by atoms with Gasteiger partial charge in [0.2, 0.25) is 5.91 Å². The van der Waals surface area contributed by atoms with E-state index in [0.29, 0.717) is 12.8 Å². The Bertz CT molecular complexity index is 1190. The van der Waals surface area contributed by atoms with E-state index >= 15 is 0 Å². The van der Waals surface area contributed by atoms with Crippen molar-refractivity contribution in [1.82, 2.24) is 5.32 Å². The third-order valence-electron chi connectivity index (χ3n) is 10.9. The maximum absolute atomic E-state index is 12.4. The highest BCUT2D eigenvalue weighted by molar-refractivity contribution is 7.47. The molecule has 362 valence electrons. The van der Waals surface area contributed by atoms with Crippen LogP contribution < -0.4 is 5.32 Å². The Labute approximate surface area is 378 Å². The van der Waals surface area contributed by atoms with Crippen LogP contribution >= 0.6 is 7.82 Å². The Balaban J connectivity index is 3.84. The zero-order valence-electron chi connectivity index (χ0n) is 39.4. The highest BCUT2D eigenvalue weighted by Gasteiger charge is 2.28. The van der Waals surface area contributed by atoms with Gasteiger partial charge in [0.05, 0.1) is 13.2 Å². The molecule has 0 aromatic carbocycles. The average molecular weight is 898 g/mol. The summed E-state index contributed by atoms with van der Waals surface area (Å²) in [7, 11) is -4.76. The first-order valence-corrected chi connectivity index (χ1v) is 26.5. The van der Waals surface area contributed by atoms with E-state index in [2.05, 4.69) is 55.6 Å². The molecule has 3 unspecified atom stereocenters. The SMILES string of the molecule is CCCCC/C=C\C/C=C\CCCCCCCCCCCC(=O)OCC(O)COP(=O)(O)OCC(NC(=O)CCCCCCCCCCC/C=C/CCCCCCCC)C(=O)O. The maximum atomic E-state index is 12.4. The van der Waals surface area contributed by atoms with Crippen LogP contribution in [0.4, 0.5) is 0 Å². The van der Waals surface area contributed by atoms with Crippen LogP contribution in [0.3, 0.4) is 0 Å². The van der Waals surface area contributed by atoms with E-state index in [4.69, 9.17) is 13.8 Å². The number of carbonyl (C=O) groups excluding carboxylic acids is 2. The molecule has 11 nitrogen and oxygen atoms in total. The zero-order chi connectivity index (χ0) is 45.6. The molecular weight excluding hydrogens is 806 g/mol. The summed E-state index contributed by atoms with van der Waals surface area (Å²) in [5.41, 5.74) is 0. The van der Waals surface area contributed by atoms with Crippen molar-refractivity contribution < 1.29 is 47.8 Å². The van der Waals surface area contributed by atoms with Gasteiger partial charge >= 0.3 is 19.8 Å². The Morgan fingerprint density at radius 3 is 1.35 bits per heavy atom. The number of hydrogen-bond acceptors (Lipinski definition) is 8. The van der Waals surface area contributed by atoms with Gasteiger partial charge in [-0.1, -0.05) is 185 Å². The maximum Gasteiger partial charge on any atom is 0.472 e. The van der Waals surface area contributed by atoms with E-state index in [1.807, 2.05) is 0 Å². The van der Waals surface area contributed by atoms with Crippen LogP contribution in [-0.2, 0) is 32.7 Å². The number of amides is 1. The van der Waals surface area contributed by atoms with Crippen molar-refractivity contribution in [1.29, 1.82) is 0 Å². The van der Waals surface area contributed by atoms with Crippen molar-refractivity contribution in [3.63, 3.8) is 0 Å². The van der Waals surface area contributed by atoms with Crippen molar-refractivity contribution in [2.75, 3.05) is 19.8 Å². The number of carbonyl (C=O) groups is 3. The largest absolute Gasteiger partial charge is 0.480 e. The molecule has 0 radical (unpaired) electrons. The number of unbranched alkanes of at least 4 members (excludes halogenated alkanes) is 27. The summed E-state index contributed by atoms with van der Waals surface area (Å²) < 4.78 is 26.9. The van der Waals surface area contributed by atoms with Crippen LogP contribution in [0.5, 0.6) is 0 Å². The monoisotopic (exact) mass is 898 g/mol. The lowest BCUT2D eigenvalue weighted by molar-refractivity contribution is -0.147. The molecule has 0 aromatic heterocycles. The second-order valence-corrected chi connectivity index (χ2v) is 18.5. The van der Waals surface area contributed by atoms with Gasteiger partial charge in [0.1, 0.15) is 12.7 Å². The fourth-order valence-corrected chi connectivity index (χ4v) is 7.76. The summed E-state index contributed by atoms with van der Waals surface area (Å²) in [5.74, 6) is -2.37. The summed E-state index contributed by atoms with van der Waals surface area (Å²) in [5, 5.41) is 21.9. The molecule has 1 amide bonds. The van der Waals surface area contributed by atoms with Gasteiger partial charge in [0.15, 0.2) is 6.04 Å². The van der Waals surface area contributed by atoms with E-state index in [-0.39, 0.29) is 12.8 Å². The lowest BCUT2D eigenvalue weighted by Gasteiger charge is -2.18. The predicted octanol–water partition coefficient (Wildman–Crippen LogP) is 13.6. The Hall–Kier alpha value is -2.30. The van der Waals surface area contributed by atoms with E-state index in [0.717, 1.165) is 51.4 Å². The summed E-state index contributed by atoms with van der Waals surface area (Å²) in [6, 6.07) is -1.55. The fraction of sp³-hybridized carbons (Fsp3) is 0.820. The number of hydrogen-bond donors (Lipinski definition) is 4. The average Bonchev–Trinajstić information content (AvgIpc) is 3.25. The molecule has 3 atom stereocenters. The first-order valence-electron chi connectivity index (χ1n) is 25.0. The molecule has 0 spiro atoms. The van der Waals surface area contributed by atoms with Gasteiger partial charge in [0, 0.05) is 12.8 Å².